The average molecular weight is 347 g/mol. The van der Waals surface area contributed by atoms with E-state index in [1.807, 2.05) is 24.3 Å². The minimum absolute atomic E-state index is 0.0288. The second-order valence-corrected chi connectivity index (χ2v) is 6.57. The molecular weight excluding hydrogens is 324 g/mol. The first kappa shape index (κ1) is 17.1. The molecule has 0 aliphatic heterocycles. The van der Waals surface area contributed by atoms with Crippen molar-refractivity contribution < 1.29 is 9.21 Å². The number of carbonyl (C=O) groups excluding carboxylic acids is 1. The molecule has 0 fully saturated rings. The number of rotatable bonds is 6. The second-order valence-electron chi connectivity index (χ2n) is 6.14. The van der Waals surface area contributed by atoms with Gasteiger partial charge in [0, 0.05) is 5.02 Å². The maximum atomic E-state index is 12.5. The van der Waals surface area contributed by atoms with Gasteiger partial charge in [-0.1, -0.05) is 31.5 Å². The molecule has 1 aromatic carbocycles. The zero-order valence-electron chi connectivity index (χ0n) is 14.1. The number of nitrogens with zero attached hydrogens (tertiary/aromatic N) is 1. The number of carbonyl (C=O) groups is 1. The zero-order chi connectivity index (χ0) is 17.1. The van der Waals surface area contributed by atoms with E-state index in [4.69, 9.17) is 16.0 Å². The first-order chi connectivity index (χ1) is 11.6. The first-order valence-corrected chi connectivity index (χ1v) is 8.88. The molecule has 1 amide bonds. The van der Waals surface area contributed by atoms with Crippen LogP contribution in [-0.4, -0.2) is 23.9 Å². The molecule has 2 aromatic rings. The smallest absolute Gasteiger partial charge is 0.287 e. The fourth-order valence-corrected chi connectivity index (χ4v) is 3.41. The number of furan rings is 1. The van der Waals surface area contributed by atoms with Crippen LogP contribution in [0.15, 0.2) is 34.7 Å². The van der Waals surface area contributed by atoms with Crippen LogP contribution < -0.4 is 5.32 Å². The van der Waals surface area contributed by atoms with E-state index in [0.717, 1.165) is 48.8 Å². The summed E-state index contributed by atoms with van der Waals surface area (Å²) in [5.74, 6) is 1.04. The van der Waals surface area contributed by atoms with E-state index < -0.39 is 0 Å². The highest BCUT2D eigenvalue weighted by atomic mass is 35.5. The largest absolute Gasteiger partial charge is 0.455 e. The Labute approximate surface area is 147 Å². The van der Waals surface area contributed by atoms with Crippen LogP contribution in [-0.2, 0) is 13.0 Å². The van der Waals surface area contributed by atoms with Gasteiger partial charge in [0.05, 0.1) is 12.6 Å². The normalized spacial score (nSPS) is 16.4. The summed E-state index contributed by atoms with van der Waals surface area (Å²) < 4.78 is 5.72. The minimum atomic E-state index is -0.159. The van der Waals surface area contributed by atoms with Crippen LogP contribution in [0.5, 0.6) is 0 Å². The van der Waals surface area contributed by atoms with E-state index in [1.165, 1.54) is 5.56 Å². The summed E-state index contributed by atoms with van der Waals surface area (Å²) in [6.45, 7) is 6.87. The van der Waals surface area contributed by atoms with E-state index in [1.54, 1.807) is 6.07 Å². The van der Waals surface area contributed by atoms with E-state index in [2.05, 4.69) is 24.1 Å². The molecule has 0 saturated heterocycles. The third kappa shape index (κ3) is 3.65. The van der Waals surface area contributed by atoms with Crippen LogP contribution in [0.4, 0.5) is 0 Å². The van der Waals surface area contributed by atoms with Gasteiger partial charge in [-0.15, -0.1) is 0 Å². The number of benzene rings is 1. The summed E-state index contributed by atoms with van der Waals surface area (Å²) in [7, 11) is 0. The van der Waals surface area contributed by atoms with Crippen molar-refractivity contribution in [1.29, 1.82) is 0 Å². The Morgan fingerprint density at radius 2 is 2.08 bits per heavy atom. The van der Waals surface area contributed by atoms with Crippen LogP contribution in [0.2, 0.25) is 5.02 Å². The third-order valence-electron chi connectivity index (χ3n) is 4.65. The van der Waals surface area contributed by atoms with Crippen molar-refractivity contribution in [2.75, 3.05) is 13.1 Å². The average Bonchev–Trinajstić information content (AvgIpc) is 3.19. The topological polar surface area (TPSA) is 45.5 Å². The van der Waals surface area contributed by atoms with Crippen molar-refractivity contribution in [2.24, 2.45) is 0 Å². The molecule has 1 atom stereocenters. The Hall–Kier alpha value is -1.78. The predicted octanol–water partition coefficient (Wildman–Crippen LogP) is 4.19. The molecule has 4 nitrogen and oxygen atoms in total. The third-order valence-corrected chi connectivity index (χ3v) is 4.88. The number of hydrogen-bond donors (Lipinski definition) is 1. The molecule has 24 heavy (non-hydrogen) atoms. The molecule has 3 rings (SSSR count). The number of nitrogens with one attached hydrogen (secondary N) is 1. The standard InChI is InChI=1S/C19H23ClN2O2/c1-3-22(4-2)12-15-7-10-18(24-15)19(23)21-17-9-5-13-11-14(20)6-8-16(13)17/h6-8,10-11,17H,3-5,9,12H2,1-2H3,(H,21,23). The van der Waals surface area contributed by atoms with E-state index in [0.29, 0.717) is 5.76 Å². The Balaban J connectivity index is 1.65. The van der Waals surface area contributed by atoms with E-state index in [-0.39, 0.29) is 11.9 Å². The van der Waals surface area contributed by atoms with Crippen LogP contribution >= 0.6 is 11.6 Å². The van der Waals surface area contributed by atoms with Gasteiger partial charge in [-0.05, 0) is 61.3 Å². The number of amides is 1. The summed E-state index contributed by atoms with van der Waals surface area (Å²) >= 11 is 6.03. The minimum Gasteiger partial charge on any atom is -0.455 e. The van der Waals surface area contributed by atoms with Gasteiger partial charge in [-0.25, -0.2) is 0 Å². The highest BCUT2D eigenvalue weighted by Crippen LogP contribution is 2.33. The molecule has 1 aliphatic rings. The van der Waals surface area contributed by atoms with E-state index >= 15 is 0 Å². The molecule has 0 spiro atoms. The monoisotopic (exact) mass is 346 g/mol. The van der Waals surface area contributed by atoms with Crippen LogP contribution in [0.1, 0.15) is 53.8 Å². The molecule has 1 aromatic heterocycles. The van der Waals surface area contributed by atoms with Crippen molar-refractivity contribution in [3.8, 4) is 0 Å². The van der Waals surface area contributed by atoms with Crippen LogP contribution in [0.3, 0.4) is 0 Å². The molecular formula is C19H23ClN2O2. The highest BCUT2D eigenvalue weighted by Gasteiger charge is 2.25. The molecule has 1 unspecified atom stereocenters. The molecule has 5 heteroatoms. The molecule has 1 aliphatic carbocycles. The fourth-order valence-electron chi connectivity index (χ4n) is 3.22. The van der Waals surface area contributed by atoms with Crippen LogP contribution in [0.25, 0.3) is 0 Å². The summed E-state index contributed by atoms with van der Waals surface area (Å²) in [4.78, 5) is 14.7. The van der Waals surface area contributed by atoms with Crippen molar-refractivity contribution >= 4 is 17.5 Å². The second kappa shape index (κ2) is 7.41. The molecule has 0 radical (unpaired) electrons. The van der Waals surface area contributed by atoms with E-state index in [9.17, 15) is 4.79 Å². The van der Waals surface area contributed by atoms with Crippen molar-refractivity contribution in [3.63, 3.8) is 0 Å². The van der Waals surface area contributed by atoms with Crippen molar-refractivity contribution in [1.82, 2.24) is 10.2 Å². The summed E-state index contributed by atoms with van der Waals surface area (Å²) in [6, 6.07) is 9.53. The van der Waals surface area contributed by atoms with Gasteiger partial charge in [-0.2, -0.15) is 0 Å². The lowest BCUT2D eigenvalue weighted by Crippen LogP contribution is -2.26. The van der Waals surface area contributed by atoms with Gasteiger partial charge in [0.1, 0.15) is 5.76 Å². The number of halogens is 1. The van der Waals surface area contributed by atoms with Crippen molar-refractivity contribution in [3.05, 3.63) is 58.0 Å². The maximum Gasteiger partial charge on any atom is 0.287 e. The lowest BCUT2D eigenvalue weighted by molar-refractivity contribution is 0.0905. The molecule has 128 valence electrons. The molecule has 1 heterocycles. The Morgan fingerprint density at radius 3 is 2.83 bits per heavy atom. The SMILES string of the molecule is CCN(CC)Cc1ccc(C(=O)NC2CCc3cc(Cl)ccc32)o1. The van der Waals surface area contributed by atoms with Gasteiger partial charge in [0.15, 0.2) is 5.76 Å². The van der Waals surface area contributed by atoms with Crippen molar-refractivity contribution in [2.45, 2.75) is 39.3 Å². The number of aryl methyl sites for hydroxylation is 1. The van der Waals surface area contributed by atoms with Gasteiger partial charge in [0.2, 0.25) is 0 Å². The maximum absolute atomic E-state index is 12.5. The molecule has 0 bridgehead atoms. The Kier molecular flexibility index (Phi) is 5.27. The first-order valence-electron chi connectivity index (χ1n) is 8.51. The van der Waals surface area contributed by atoms with Gasteiger partial charge in [0.25, 0.3) is 5.91 Å². The molecule has 0 saturated carbocycles. The quantitative estimate of drug-likeness (QED) is 0.853. The summed E-state index contributed by atoms with van der Waals surface area (Å²) in [5, 5.41) is 3.82. The lowest BCUT2D eigenvalue weighted by atomic mass is 10.1. The Morgan fingerprint density at radius 1 is 1.29 bits per heavy atom. The fraction of sp³-hybridized carbons (Fsp3) is 0.421. The highest BCUT2D eigenvalue weighted by molar-refractivity contribution is 6.30. The van der Waals surface area contributed by atoms with Gasteiger partial charge < -0.3 is 9.73 Å². The number of hydrogen-bond acceptors (Lipinski definition) is 3. The lowest BCUT2D eigenvalue weighted by Gasteiger charge is -2.16. The molecule has 1 N–H and O–H groups in total. The number of fused-ring (bicyclic) bond motifs is 1. The zero-order valence-corrected chi connectivity index (χ0v) is 14.9. The summed E-state index contributed by atoms with van der Waals surface area (Å²) in [6.07, 6.45) is 1.83. The van der Waals surface area contributed by atoms with Crippen LogP contribution in [0, 0.1) is 0 Å². The predicted molar refractivity (Wildman–Crippen MR) is 95.3 cm³/mol. The Bertz CT molecular complexity index is 722. The summed E-state index contributed by atoms with van der Waals surface area (Å²) in [5.41, 5.74) is 2.37. The van der Waals surface area contributed by atoms with Gasteiger partial charge in [-0.3, -0.25) is 9.69 Å². The van der Waals surface area contributed by atoms with Gasteiger partial charge >= 0.3 is 0 Å².